The molecule has 9 nitrogen and oxygen atoms in total. The van der Waals surface area contributed by atoms with E-state index in [1.54, 1.807) is 0 Å². The highest BCUT2D eigenvalue weighted by molar-refractivity contribution is 7.91. The number of hydrazine groups is 1. The number of aryl methyl sites for hydroxylation is 1. The average Bonchev–Trinajstić information content (AvgIpc) is 3.32. The van der Waals surface area contributed by atoms with E-state index in [1.165, 1.54) is 25.1 Å². The Hall–Kier alpha value is -3.48. The molecule has 174 valence electrons. The topological polar surface area (TPSA) is 131 Å². The summed E-state index contributed by atoms with van der Waals surface area (Å²) in [6.45, 7) is 1.52. The minimum Gasteiger partial charge on any atom is -0.335 e. The van der Waals surface area contributed by atoms with E-state index in [4.69, 9.17) is 4.52 Å². The normalized spacial score (nSPS) is 17.8. The predicted octanol–water partition coefficient (Wildman–Crippen LogP) is 2.41. The third kappa shape index (κ3) is 4.53. The Bertz CT molecular complexity index is 1370. The molecule has 2 N–H and O–H groups in total. The number of alkyl halides is 3. The fraction of sp³-hybridized carbons (Fsp3) is 0.300. The number of aromatic nitrogens is 2. The van der Waals surface area contributed by atoms with E-state index in [2.05, 4.69) is 21.0 Å². The van der Waals surface area contributed by atoms with Crippen LogP contribution in [0.1, 0.15) is 28.0 Å². The zero-order valence-corrected chi connectivity index (χ0v) is 17.9. The molecular formula is C20H17F3N4O5S. The number of pyridine rings is 1. The number of fused-ring (bicyclic) bond motifs is 1. The molecule has 0 radical (unpaired) electrons. The largest absolute Gasteiger partial charge is 0.417 e. The van der Waals surface area contributed by atoms with E-state index >= 15 is 0 Å². The maximum absolute atomic E-state index is 13.5. The van der Waals surface area contributed by atoms with Gasteiger partial charge in [0, 0.05) is 5.56 Å². The second-order valence-electron chi connectivity index (χ2n) is 7.59. The van der Waals surface area contributed by atoms with Gasteiger partial charge in [-0.3, -0.25) is 20.4 Å². The van der Waals surface area contributed by atoms with Gasteiger partial charge in [-0.2, -0.15) is 13.2 Å². The van der Waals surface area contributed by atoms with Crippen molar-refractivity contribution < 1.29 is 35.7 Å². The second kappa shape index (κ2) is 8.14. The summed E-state index contributed by atoms with van der Waals surface area (Å²) in [7, 11) is -3.30. The average molecular weight is 482 g/mol. The molecule has 1 fully saturated rings. The lowest BCUT2D eigenvalue weighted by Gasteiger charge is -2.14. The molecule has 1 aliphatic rings. The number of carbonyl (C=O) groups is 2. The van der Waals surface area contributed by atoms with Gasteiger partial charge in [-0.05, 0) is 25.5 Å². The first-order valence-corrected chi connectivity index (χ1v) is 11.5. The summed E-state index contributed by atoms with van der Waals surface area (Å²) in [6.07, 6.45) is -4.53. The molecule has 0 aliphatic carbocycles. The van der Waals surface area contributed by atoms with Crippen LogP contribution < -0.4 is 10.9 Å². The summed E-state index contributed by atoms with van der Waals surface area (Å²) in [5.41, 5.74) is 2.96. The van der Waals surface area contributed by atoms with Gasteiger partial charge in [-0.15, -0.1) is 0 Å². The number of amides is 2. The molecule has 0 saturated carbocycles. The van der Waals surface area contributed by atoms with Crippen molar-refractivity contribution in [2.45, 2.75) is 19.5 Å². The Balaban J connectivity index is 1.67. The fourth-order valence-electron chi connectivity index (χ4n) is 3.65. The van der Waals surface area contributed by atoms with Gasteiger partial charge in [0.1, 0.15) is 0 Å². The van der Waals surface area contributed by atoms with Crippen molar-refractivity contribution in [2.75, 3.05) is 11.5 Å². The molecule has 1 atom stereocenters. The molecule has 0 unspecified atom stereocenters. The standard InChI is InChI=1S/C20H17F3N4O5S/c1-10-16-13(18(29)26-25-17(28)11-6-7-33(30,31)9-11)8-15(24-19(16)32-27-10)12-4-2-3-5-14(12)20(21,22)23/h2-5,8,11H,6-7,9H2,1H3,(H,25,28)(H,26,29)/t11-/m0/s1. The van der Waals surface area contributed by atoms with Crippen LogP contribution in [0.3, 0.4) is 0 Å². The summed E-state index contributed by atoms with van der Waals surface area (Å²) in [5, 5.41) is 3.89. The van der Waals surface area contributed by atoms with Crippen LogP contribution in [-0.2, 0) is 20.8 Å². The van der Waals surface area contributed by atoms with E-state index in [0.717, 1.165) is 12.1 Å². The highest BCUT2D eigenvalue weighted by atomic mass is 32.2. The number of rotatable bonds is 3. The molecule has 1 aromatic carbocycles. The molecule has 4 rings (SSSR count). The number of hydrogen-bond acceptors (Lipinski definition) is 7. The lowest BCUT2D eigenvalue weighted by molar-refractivity contribution is -0.137. The fourth-order valence-corrected chi connectivity index (χ4v) is 5.40. The number of nitrogens with one attached hydrogen (secondary N) is 2. The molecule has 33 heavy (non-hydrogen) atoms. The zero-order valence-electron chi connectivity index (χ0n) is 17.1. The van der Waals surface area contributed by atoms with Gasteiger partial charge < -0.3 is 4.52 Å². The minimum absolute atomic E-state index is 0.119. The zero-order chi connectivity index (χ0) is 24.0. The maximum atomic E-state index is 13.5. The lowest BCUT2D eigenvalue weighted by atomic mass is 10.0. The van der Waals surface area contributed by atoms with Crippen molar-refractivity contribution in [3.63, 3.8) is 0 Å². The van der Waals surface area contributed by atoms with Crippen molar-refractivity contribution in [2.24, 2.45) is 5.92 Å². The van der Waals surface area contributed by atoms with Gasteiger partial charge in [0.2, 0.25) is 5.91 Å². The SMILES string of the molecule is Cc1noc2nc(-c3ccccc3C(F)(F)F)cc(C(=O)NNC(=O)[C@H]3CCS(=O)(=O)C3)c12. The van der Waals surface area contributed by atoms with Crippen LogP contribution in [0.2, 0.25) is 0 Å². The second-order valence-corrected chi connectivity index (χ2v) is 9.82. The van der Waals surface area contributed by atoms with E-state index < -0.39 is 39.3 Å². The van der Waals surface area contributed by atoms with Gasteiger partial charge in [0.05, 0.1) is 45.3 Å². The van der Waals surface area contributed by atoms with Gasteiger partial charge in [0.15, 0.2) is 9.84 Å². The quantitative estimate of drug-likeness (QED) is 0.548. The summed E-state index contributed by atoms with van der Waals surface area (Å²) in [4.78, 5) is 29.2. The lowest BCUT2D eigenvalue weighted by Crippen LogP contribution is -2.45. The summed E-state index contributed by atoms with van der Waals surface area (Å²) >= 11 is 0. The van der Waals surface area contributed by atoms with Crippen LogP contribution in [0.15, 0.2) is 34.9 Å². The number of benzene rings is 1. The Morgan fingerprint density at radius 2 is 1.91 bits per heavy atom. The van der Waals surface area contributed by atoms with Crippen molar-refractivity contribution in [1.82, 2.24) is 21.0 Å². The van der Waals surface area contributed by atoms with Crippen LogP contribution in [0.5, 0.6) is 0 Å². The molecule has 3 heterocycles. The molecule has 3 aromatic rings. The van der Waals surface area contributed by atoms with Crippen LogP contribution in [0.25, 0.3) is 22.4 Å². The predicted molar refractivity (Wildman–Crippen MR) is 109 cm³/mol. The minimum atomic E-state index is -4.66. The summed E-state index contributed by atoms with van der Waals surface area (Å²) < 4.78 is 68.7. The van der Waals surface area contributed by atoms with E-state index in [9.17, 15) is 31.2 Å². The smallest absolute Gasteiger partial charge is 0.335 e. The Morgan fingerprint density at radius 3 is 2.58 bits per heavy atom. The van der Waals surface area contributed by atoms with Crippen LogP contribution in [-0.4, -0.2) is 41.9 Å². The molecule has 2 amide bonds. The molecule has 13 heteroatoms. The monoisotopic (exact) mass is 482 g/mol. The van der Waals surface area contributed by atoms with Gasteiger partial charge in [0.25, 0.3) is 11.6 Å². The number of sulfone groups is 1. The van der Waals surface area contributed by atoms with Crippen molar-refractivity contribution in [1.29, 1.82) is 0 Å². The molecule has 1 aliphatic heterocycles. The third-order valence-corrected chi connectivity index (χ3v) is 7.04. The number of halogens is 3. The Labute approximate surface area is 185 Å². The highest BCUT2D eigenvalue weighted by Gasteiger charge is 2.35. The van der Waals surface area contributed by atoms with E-state index in [-0.39, 0.29) is 51.5 Å². The summed E-state index contributed by atoms with van der Waals surface area (Å²) in [5.74, 6) is -2.78. The van der Waals surface area contributed by atoms with Gasteiger partial charge in [-0.1, -0.05) is 23.4 Å². The maximum Gasteiger partial charge on any atom is 0.417 e. The number of nitrogens with zero attached hydrogens (tertiary/aromatic N) is 2. The van der Waals surface area contributed by atoms with E-state index in [0.29, 0.717) is 0 Å². The van der Waals surface area contributed by atoms with Crippen molar-refractivity contribution in [3.8, 4) is 11.3 Å². The van der Waals surface area contributed by atoms with Crippen LogP contribution in [0, 0.1) is 12.8 Å². The molecule has 1 saturated heterocycles. The van der Waals surface area contributed by atoms with Crippen molar-refractivity contribution in [3.05, 3.63) is 47.2 Å². The first kappa shape index (κ1) is 22.7. The van der Waals surface area contributed by atoms with E-state index in [1.807, 2.05) is 0 Å². The Kier molecular flexibility index (Phi) is 5.60. The third-order valence-electron chi connectivity index (χ3n) is 5.27. The highest BCUT2D eigenvalue weighted by Crippen LogP contribution is 2.37. The van der Waals surface area contributed by atoms with Crippen LogP contribution in [0.4, 0.5) is 13.2 Å². The first-order valence-electron chi connectivity index (χ1n) is 9.70. The first-order chi connectivity index (χ1) is 15.5. The van der Waals surface area contributed by atoms with Crippen molar-refractivity contribution >= 4 is 32.8 Å². The van der Waals surface area contributed by atoms with Gasteiger partial charge in [-0.25, -0.2) is 13.4 Å². The Morgan fingerprint density at radius 1 is 1.18 bits per heavy atom. The molecule has 0 bridgehead atoms. The summed E-state index contributed by atoms with van der Waals surface area (Å²) in [6, 6.07) is 5.89. The van der Waals surface area contributed by atoms with Gasteiger partial charge >= 0.3 is 6.18 Å². The molecule has 0 spiro atoms. The molecule has 2 aromatic heterocycles. The molecular weight excluding hydrogens is 465 g/mol. The van der Waals surface area contributed by atoms with Crippen LogP contribution >= 0.6 is 0 Å². The number of carbonyl (C=O) groups excluding carboxylic acids is 2. The number of hydrogen-bond donors (Lipinski definition) is 2.